The molecule has 2 aromatic rings. The first-order chi connectivity index (χ1) is 11.8. The molecule has 2 aromatic carbocycles. The Kier molecular flexibility index (Phi) is 5.53. The van der Waals surface area contributed by atoms with Crippen LogP contribution in [0.1, 0.15) is 10.4 Å². The van der Waals surface area contributed by atoms with Crippen molar-refractivity contribution in [2.24, 2.45) is 0 Å². The number of carbonyl (C=O) groups is 1. The lowest BCUT2D eigenvalue weighted by Crippen LogP contribution is -2.16. The fourth-order valence-corrected chi connectivity index (χ4v) is 3.22. The minimum atomic E-state index is -3.54. The Labute approximate surface area is 146 Å². The van der Waals surface area contributed by atoms with Crippen molar-refractivity contribution >= 4 is 21.4 Å². The van der Waals surface area contributed by atoms with Gasteiger partial charge in [-0.3, -0.25) is 4.79 Å². The van der Waals surface area contributed by atoms with Gasteiger partial charge in [0.25, 0.3) is 5.91 Å². The second-order valence-electron chi connectivity index (χ2n) is 5.14. The first kappa shape index (κ1) is 18.6. The van der Waals surface area contributed by atoms with Gasteiger partial charge in [-0.15, -0.1) is 0 Å². The minimum Gasteiger partial charge on any atom is -0.493 e. The molecule has 2 rings (SSSR count). The molecule has 0 aliphatic heterocycles. The third-order valence-electron chi connectivity index (χ3n) is 3.45. The van der Waals surface area contributed by atoms with Crippen molar-refractivity contribution in [3.8, 4) is 17.2 Å². The van der Waals surface area contributed by atoms with Gasteiger partial charge in [0.1, 0.15) is 0 Å². The topological polar surface area (TPSA) is 90.9 Å². The smallest absolute Gasteiger partial charge is 0.256 e. The quantitative estimate of drug-likeness (QED) is 0.845. The minimum absolute atomic E-state index is 0.0417. The Balaban J connectivity index is 2.43. The van der Waals surface area contributed by atoms with Gasteiger partial charge in [-0.2, -0.15) is 0 Å². The normalized spacial score (nSPS) is 10.9. The summed E-state index contributed by atoms with van der Waals surface area (Å²) in [6.07, 6.45) is 1.05. The number of hydrogen-bond acceptors (Lipinski definition) is 6. The van der Waals surface area contributed by atoms with Gasteiger partial charge in [0.15, 0.2) is 21.3 Å². The summed E-state index contributed by atoms with van der Waals surface area (Å²) in [4.78, 5) is 12.5. The first-order valence-electron chi connectivity index (χ1n) is 7.22. The average molecular weight is 365 g/mol. The molecule has 1 amide bonds. The van der Waals surface area contributed by atoms with Crippen LogP contribution in [0.4, 0.5) is 5.69 Å². The number of ether oxygens (including phenoxy) is 3. The number of carbonyl (C=O) groups excluding carboxylic acids is 1. The molecule has 0 aromatic heterocycles. The highest BCUT2D eigenvalue weighted by molar-refractivity contribution is 7.90. The first-order valence-corrected chi connectivity index (χ1v) is 9.11. The molecule has 0 radical (unpaired) electrons. The van der Waals surface area contributed by atoms with Crippen molar-refractivity contribution in [3.63, 3.8) is 0 Å². The van der Waals surface area contributed by atoms with Gasteiger partial charge < -0.3 is 19.5 Å². The number of rotatable bonds is 6. The van der Waals surface area contributed by atoms with E-state index >= 15 is 0 Å². The Bertz CT molecular complexity index is 867. The number of amides is 1. The molecule has 0 saturated heterocycles. The van der Waals surface area contributed by atoms with Crippen molar-refractivity contribution in [3.05, 3.63) is 42.0 Å². The molecule has 25 heavy (non-hydrogen) atoms. The molecular formula is C17H19NO6S. The summed E-state index contributed by atoms with van der Waals surface area (Å²) in [7, 11) is 0.856. The lowest BCUT2D eigenvalue weighted by Gasteiger charge is -2.15. The average Bonchev–Trinajstić information content (AvgIpc) is 2.59. The zero-order valence-electron chi connectivity index (χ0n) is 14.3. The molecule has 134 valence electrons. The van der Waals surface area contributed by atoms with Crippen LogP contribution in [-0.2, 0) is 9.84 Å². The number of benzene rings is 2. The summed E-state index contributed by atoms with van der Waals surface area (Å²) in [6, 6.07) is 9.11. The molecule has 0 unspecified atom stereocenters. The van der Waals surface area contributed by atoms with Gasteiger partial charge in [-0.1, -0.05) is 12.1 Å². The van der Waals surface area contributed by atoms with Crippen LogP contribution in [0.5, 0.6) is 17.2 Å². The lowest BCUT2D eigenvalue weighted by atomic mass is 10.2. The fraction of sp³-hybridized carbons (Fsp3) is 0.235. The van der Waals surface area contributed by atoms with E-state index in [9.17, 15) is 13.2 Å². The summed E-state index contributed by atoms with van der Waals surface area (Å²) < 4.78 is 39.4. The molecule has 1 N–H and O–H groups in total. The van der Waals surface area contributed by atoms with Gasteiger partial charge in [-0.25, -0.2) is 8.42 Å². The van der Waals surface area contributed by atoms with Crippen LogP contribution in [0.25, 0.3) is 0 Å². The molecule has 0 fully saturated rings. The zero-order valence-corrected chi connectivity index (χ0v) is 15.1. The van der Waals surface area contributed by atoms with E-state index in [0.29, 0.717) is 22.9 Å². The number of nitrogens with one attached hydrogen (secondary N) is 1. The van der Waals surface area contributed by atoms with E-state index in [1.807, 2.05) is 0 Å². The van der Waals surface area contributed by atoms with Crippen LogP contribution < -0.4 is 19.5 Å². The van der Waals surface area contributed by atoms with Crippen molar-refractivity contribution in [2.75, 3.05) is 32.9 Å². The molecule has 0 aliphatic carbocycles. The second kappa shape index (κ2) is 7.43. The lowest BCUT2D eigenvalue weighted by molar-refractivity contribution is 0.102. The third kappa shape index (κ3) is 4.03. The summed E-state index contributed by atoms with van der Waals surface area (Å²) in [6.45, 7) is 0. The number of methoxy groups -OCH3 is 3. The Morgan fingerprint density at radius 3 is 2.00 bits per heavy atom. The van der Waals surface area contributed by atoms with Crippen molar-refractivity contribution in [1.82, 2.24) is 0 Å². The van der Waals surface area contributed by atoms with Crippen LogP contribution in [0.2, 0.25) is 0 Å². The largest absolute Gasteiger partial charge is 0.493 e. The highest BCUT2D eigenvalue weighted by Crippen LogP contribution is 2.40. The maximum absolute atomic E-state index is 12.5. The van der Waals surface area contributed by atoms with Gasteiger partial charge in [0.05, 0.1) is 31.8 Å². The predicted octanol–water partition coefficient (Wildman–Crippen LogP) is 2.37. The van der Waals surface area contributed by atoms with Crippen molar-refractivity contribution in [1.29, 1.82) is 0 Å². The summed E-state index contributed by atoms with van der Waals surface area (Å²) in [5, 5.41) is 2.65. The van der Waals surface area contributed by atoms with E-state index in [-0.39, 0.29) is 10.5 Å². The molecule has 0 heterocycles. The highest BCUT2D eigenvalue weighted by atomic mass is 32.2. The standard InChI is InChI=1S/C17H19NO6S/c1-22-13-9-11(10-14(23-2)16(13)24-3)18-17(19)12-7-5-6-8-15(12)25(4,20)21/h5-10H,1-4H3,(H,18,19). The van der Waals surface area contributed by atoms with Crippen LogP contribution in [-0.4, -0.2) is 41.9 Å². The zero-order chi connectivity index (χ0) is 18.6. The summed E-state index contributed by atoms with van der Waals surface area (Å²) in [5.74, 6) is 0.567. The summed E-state index contributed by atoms with van der Waals surface area (Å²) >= 11 is 0. The van der Waals surface area contributed by atoms with E-state index in [2.05, 4.69) is 5.32 Å². The number of anilines is 1. The van der Waals surface area contributed by atoms with E-state index in [4.69, 9.17) is 14.2 Å². The third-order valence-corrected chi connectivity index (χ3v) is 4.61. The molecule has 8 heteroatoms. The Hall–Kier alpha value is -2.74. The van der Waals surface area contributed by atoms with E-state index in [1.54, 1.807) is 24.3 Å². The fourth-order valence-electron chi connectivity index (χ4n) is 2.33. The summed E-state index contributed by atoms with van der Waals surface area (Å²) in [5.41, 5.74) is 0.432. The molecular weight excluding hydrogens is 346 g/mol. The molecule has 7 nitrogen and oxygen atoms in total. The monoisotopic (exact) mass is 365 g/mol. The van der Waals surface area contributed by atoms with Gasteiger partial charge in [0, 0.05) is 24.1 Å². The van der Waals surface area contributed by atoms with E-state index in [1.165, 1.54) is 33.5 Å². The highest BCUT2D eigenvalue weighted by Gasteiger charge is 2.20. The molecule has 0 spiro atoms. The van der Waals surface area contributed by atoms with Crippen LogP contribution in [0.3, 0.4) is 0 Å². The van der Waals surface area contributed by atoms with Crippen LogP contribution in [0.15, 0.2) is 41.3 Å². The second-order valence-corrected chi connectivity index (χ2v) is 7.12. The maximum atomic E-state index is 12.5. The van der Waals surface area contributed by atoms with Gasteiger partial charge >= 0.3 is 0 Å². The molecule has 0 aliphatic rings. The van der Waals surface area contributed by atoms with E-state index in [0.717, 1.165) is 6.26 Å². The van der Waals surface area contributed by atoms with Gasteiger partial charge in [0.2, 0.25) is 5.75 Å². The Morgan fingerprint density at radius 1 is 0.960 bits per heavy atom. The van der Waals surface area contributed by atoms with Crippen molar-refractivity contribution in [2.45, 2.75) is 4.90 Å². The number of sulfone groups is 1. The van der Waals surface area contributed by atoms with Crippen LogP contribution in [0, 0.1) is 0 Å². The van der Waals surface area contributed by atoms with E-state index < -0.39 is 15.7 Å². The molecule has 0 bridgehead atoms. The SMILES string of the molecule is COc1cc(NC(=O)c2ccccc2S(C)(=O)=O)cc(OC)c1OC. The Morgan fingerprint density at radius 2 is 1.52 bits per heavy atom. The van der Waals surface area contributed by atoms with Crippen LogP contribution >= 0.6 is 0 Å². The molecule has 0 saturated carbocycles. The number of hydrogen-bond donors (Lipinski definition) is 1. The van der Waals surface area contributed by atoms with Crippen molar-refractivity contribution < 1.29 is 27.4 Å². The maximum Gasteiger partial charge on any atom is 0.256 e. The molecule has 0 atom stereocenters. The van der Waals surface area contributed by atoms with Gasteiger partial charge in [-0.05, 0) is 12.1 Å². The predicted molar refractivity (Wildman–Crippen MR) is 93.6 cm³/mol.